The van der Waals surface area contributed by atoms with Gasteiger partial charge in [-0.2, -0.15) is 0 Å². The van der Waals surface area contributed by atoms with Gasteiger partial charge in [-0.25, -0.2) is 0 Å². The molecule has 0 amide bonds. The fourth-order valence-electron chi connectivity index (χ4n) is 1.64. The summed E-state index contributed by atoms with van der Waals surface area (Å²) in [5, 5.41) is 6.86. The number of rotatable bonds is 4. The second kappa shape index (κ2) is 6.68. The monoisotopic (exact) mass is 357 g/mol. The molecule has 0 unspecified atom stereocenters. The van der Waals surface area contributed by atoms with Crippen molar-refractivity contribution in [3.63, 3.8) is 0 Å². The van der Waals surface area contributed by atoms with Gasteiger partial charge in [0, 0.05) is 0 Å². The number of methoxy groups -OCH3 is 1. The zero-order valence-electron chi connectivity index (χ0n) is 10.7. The molecule has 1 aromatic rings. The zero-order chi connectivity index (χ0) is 12.8. The maximum absolute atomic E-state index is 5.15. The van der Waals surface area contributed by atoms with Crippen LogP contribution in [-0.4, -0.2) is 11.7 Å². The summed E-state index contributed by atoms with van der Waals surface area (Å²) in [4.78, 5) is 0. The van der Waals surface area contributed by atoms with Crippen LogP contribution in [0.3, 0.4) is 0 Å². The maximum atomic E-state index is 5.15. The Labute approximate surface area is 119 Å². The molecule has 4 heteroatoms. The normalized spacial score (nSPS) is 15.4. The van der Waals surface area contributed by atoms with Crippen LogP contribution in [0.2, 0.25) is 0 Å². The van der Waals surface area contributed by atoms with Crippen LogP contribution in [0.15, 0.2) is 45.8 Å². The van der Waals surface area contributed by atoms with Crippen LogP contribution >= 0.6 is 0 Å². The Kier molecular flexibility index (Phi) is 4.92. The molecule has 0 radical (unpaired) electrons. The molecule has 0 atom stereocenters. The molecule has 0 aromatic heterocycles. The molecule has 1 heterocycles. The Morgan fingerprint density at radius 2 is 2.11 bits per heavy atom. The Morgan fingerprint density at radius 1 is 1.33 bits per heavy atom. The fraction of sp³-hybridized carbons (Fsp3) is 0.286. The van der Waals surface area contributed by atoms with Gasteiger partial charge in [-0.3, -0.25) is 0 Å². The fourth-order valence-corrected chi connectivity index (χ4v) is 3.36. The van der Waals surface area contributed by atoms with Crippen molar-refractivity contribution >= 4 is 0 Å². The Balaban J connectivity index is 1.92. The van der Waals surface area contributed by atoms with E-state index in [1.807, 2.05) is 12.1 Å². The van der Waals surface area contributed by atoms with Gasteiger partial charge in [0.1, 0.15) is 0 Å². The Morgan fingerprint density at radius 3 is 2.83 bits per heavy atom. The molecule has 18 heavy (non-hydrogen) atoms. The van der Waals surface area contributed by atoms with Gasteiger partial charge in [-0.05, 0) is 0 Å². The third kappa shape index (κ3) is 3.94. The van der Waals surface area contributed by atoms with Crippen molar-refractivity contribution in [1.29, 1.82) is 0 Å². The summed E-state index contributed by atoms with van der Waals surface area (Å²) in [6.07, 6.45) is 2.18. The predicted molar refractivity (Wildman–Crippen MR) is 69.7 cm³/mol. The van der Waals surface area contributed by atoms with E-state index in [1.165, 1.54) is 11.1 Å². The van der Waals surface area contributed by atoms with Gasteiger partial charge in [0.15, 0.2) is 0 Å². The van der Waals surface area contributed by atoms with Crippen LogP contribution in [0.1, 0.15) is 12.5 Å². The van der Waals surface area contributed by atoms with E-state index in [-0.39, 0.29) is 21.2 Å². The minimum atomic E-state index is 0.165. The predicted octanol–water partition coefficient (Wildman–Crippen LogP) is -0.820. The molecule has 0 spiro atoms. The summed E-state index contributed by atoms with van der Waals surface area (Å²) in [7, 11) is 1.69. The number of hydrogen-bond donors (Lipinski definition) is 2. The topological polar surface area (TPSA) is 33.3 Å². The van der Waals surface area contributed by atoms with E-state index >= 15 is 0 Å². The van der Waals surface area contributed by atoms with E-state index in [4.69, 9.17) is 4.74 Å². The third-order valence-electron chi connectivity index (χ3n) is 2.60. The van der Waals surface area contributed by atoms with Crippen LogP contribution in [0.25, 0.3) is 0 Å². The van der Waals surface area contributed by atoms with Crippen LogP contribution in [0.4, 0.5) is 0 Å². The van der Waals surface area contributed by atoms with Crippen LogP contribution in [0.5, 0.6) is 5.75 Å². The molecule has 2 rings (SSSR count). The average molecular weight is 357 g/mol. The number of nitrogens with one attached hydrogen (secondary N) is 2. The van der Waals surface area contributed by atoms with Crippen LogP contribution < -0.4 is 36.6 Å². The number of halogens is 1. The van der Waals surface area contributed by atoms with Crippen molar-refractivity contribution in [2.45, 2.75) is 13.5 Å². The molecule has 0 aliphatic carbocycles. The summed E-state index contributed by atoms with van der Waals surface area (Å²) >= 11 is 0.165. The zero-order valence-corrected chi connectivity index (χ0v) is 12.8. The van der Waals surface area contributed by atoms with Gasteiger partial charge >= 0.3 is 119 Å². The minimum absolute atomic E-state index is 0.165. The van der Waals surface area contributed by atoms with E-state index in [1.54, 1.807) is 7.11 Å². The van der Waals surface area contributed by atoms with Crippen molar-refractivity contribution in [1.82, 2.24) is 10.6 Å². The second-order valence-corrected chi connectivity index (χ2v) is 6.34. The number of benzene rings is 1. The summed E-state index contributed by atoms with van der Waals surface area (Å²) in [5.41, 5.74) is 2.60. The Bertz CT molecular complexity index is 451. The molecule has 98 valence electrons. The third-order valence-corrected chi connectivity index (χ3v) is 4.84. The van der Waals surface area contributed by atoms with E-state index in [0.717, 1.165) is 22.7 Å². The summed E-state index contributed by atoms with van der Waals surface area (Å²) in [6.45, 7) is 2.98. The van der Waals surface area contributed by atoms with Crippen LogP contribution in [0, 0.1) is 0 Å². The molecular weight excluding hydrogens is 339 g/mol. The van der Waals surface area contributed by atoms with Gasteiger partial charge in [-0.1, -0.05) is 0 Å². The van der Waals surface area contributed by atoms with Gasteiger partial charge in [0.05, 0.1) is 0 Å². The molecule has 0 saturated heterocycles. The molecule has 3 nitrogen and oxygen atoms in total. The van der Waals surface area contributed by atoms with Gasteiger partial charge in [0.2, 0.25) is 0 Å². The number of hydrogen-bond acceptors (Lipinski definition) is 3. The number of ether oxygens (including phenoxy) is 1. The van der Waals surface area contributed by atoms with Crippen molar-refractivity contribution in [3.8, 4) is 5.75 Å². The van der Waals surface area contributed by atoms with E-state index in [2.05, 4.69) is 39.8 Å². The van der Waals surface area contributed by atoms with Crippen molar-refractivity contribution in [3.05, 3.63) is 51.4 Å². The summed E-state index contributed by atoms with van der Waals surface area (Å²) in [5.74, 6) is 2.02. The van der Waals surface area contributed by atoms with E-state index in [9.17, 15) is 0 Å². The standard InChI is InChI=1S/C14H18IN2O/c1-11-7-14(17-10-15-8-11)16-9-12-3-5-13(18-2)6-4-12/h3-8,16-17H,9-10H2,1-2H3/q-1. The Hall–Kier alpha value is -1.17. The molecular formula is C14H18IN2O-. The first-order chi connectivity index (χ1) is 8.78. The SMILES string of the molecule is COc1ccc(CNC2=CC(C)=C[I-]CN2)cc1. The summed E-state index contributed by atoms with van der Waals surface area (Å²) < 4.78 is 8.60. The molecule has 2 N–H and O–H groups in total. The average Bonchev–Trinajstić information content (AvgIpc) is 2.61. The molecule has 1 aromatic carbocycles. The first kappa shape index (κ1) is 13.3. The van der Waals surface area contributed by atoms with Crippen molar-refractivity contribution < 1.29 is 25.9 Å². The van der Waals surface area contributed by atoms with Crippen LogP contribution in [-0.2, 0) is 6.54 Å². The molecule has 1 aliphatic heterocycles. The van der Waals surface area contributed by atoms with Crippen molar-refractivity contribution in [2.24, 2.45) is 0 Å². The first-order valence-electron chi connectivity index (χ1n) is 5.85. The second-order valence-electron chi connectivity index (χ2n) is 4.08. The summed E-state index contributed by atoms with van der Waals surface area (Å²) in [6, 6.07) is 8.14. The van der Waals surface area contributed by atoms with Gasteiger partial charge < -0.3 is 0 Å². The molecule has 0 fully saturated rings. The number of allylic oxidation sites excluding steroid dienone is 2. The molecule has 0 bridgehead atoms. The molecule has 0 saturated carbocycles. The quantitative estimate of drug-likeness (QED) is 0.420. The van der Waals surface area contributed by atoms with Gasteiger partial charge in [0.25, 0.3) is 0 Å². The van der Waals surface area contributed by atoms with Crippen molar-refractivity contribution in [2.75, 3.05) is 11.7 Å². The van der Waals surface area contributed by atoms with Gasteiger partial charge in [-0.15, -0.1) is 0 Å². The molecule has 1 aliphatic rings. The van der Waals surface area contributed by atoms with E-state index in [0.29, 0.717) is 0 Å². The number of alkyl halides is 1. The van der Waals surface area contributed by atoms with E-state index < -0.39 is 0 Å². The first-order valence-corrected chi connectivity index (χ1v) is 8.62.